The number of carbonyl (C=O) groups is 1. The number of hydrogen-bond acceptors (Lipinski definition) is 8. The Labute approximate surface area is 284 Å². The minimum absolute atomic E-state index is 0. The average molecular weight is 712 g/mol. The molecule has 16 heteroatoms. The number of rotatable bonds is 4. The first-order valence-corrected chi connectivity index (χ1v) is 15.3. The second-order valence-electron chi connectivity index (χ2n) is 11.1. The lowest BCUT2D eigenvalue weighted by Crippen LogP contribution is -2.25. The molecule has 0 aliphatic carbocycles. The summed E-state index contributed by atoms with van der Waals surface area (Å²) in [7, 11) is 0. The third-order valence-corrected chi connectivity index (χ3v) is 8.42. The average Bonchev–Trinajstić information content (AvgIpc) is 3.74. The van der Waals surface area contributed by atoms with E-state index in [4.69, 9.17) is 21.5 Å². The minimum Gasteiger partial charge on any atom is -0.483 e. The Balaban J connectivity index is 0.000000241. The Morgan fingerprint density at radius 1 is 0.796 bits per heavy atom. The molecule has 9 nitrogen and oxygen atoms in total. The van der Waals surface area contributed by atoms with Gasteiger partial charge in [-0.15, -0.1) is 0 Å². The highest BCUT2D eigenvalue weighted by atomic mass is 35.5. The smallest absolute Gasteiger partial charge is 0.416 e. The number of pyridine rings is 4. The summed E-state index contributed by atoms with van der Waals surface area (Å²) in [5.74, 6) is 0.618. The highest BCUT2D eigenvalue weighted by Crippen LogP contribution is 2.41. The van der Waals surface area contributed by atoms with Crippen LogP contribution in [0.15, 0.2) is 67.1 Å². The van der Waals surface area contributed by atoms with Crippen LogP contribution >= 0.6 is 11.6 Å². The van der Waals surface area contributed by atoms with Crippen molar-refractivity contribution in [2.45, 2.75) is 64.0 Å². The van der Waals surface area contributed by atoms with Gasteiger partial charge in [0.1, 0.15) is 16.8 Å². The fraction of sp³-hybridized carbons (Fsp3) is 0.364. The molecule has 2 atom stereocenters. The third-order valence-electron chi connectivity index (χ3n) is 8.05. The van der Waals surface area contributed by atoms with E-state index in [1.807, 2.05) is 46.2 Å². The van der Waals surface area contributed by atoms with E-state index in [9.17, 15) is 26.3 Å². The molecule has 0 spiro atoms. The van der Waals surface area contributed by atoms with E-state index in [2.05, 4.69) is 19.9 Å². The summed E-state index contributed by atoms with van der Waals surface area (Å²) < 4.78 is 78.8. The van der Waals surface area contributed by atoms with Crippen LogP contribution in [0.25, 0.3) is 0 Å². The van der Waals surface area contributed by atoms with Crippen LogP contribution in [-0.4, -0.2) is 44.6 Å². The third kappa shape index (κ3) is 9.57. The summed E-state index contributed by atoms with van der Waals surface area (Å²) in [6.45, 7) is 3.83. The second kappa shape index (κ2) is 16.7. The van der Waals surface area contributed by atoms with Crippen LogP contribution in [0, 0.1) is 13.8 Å². The van der Waals surface area contributed by atoms with Gasteiger partial charge in [-0.3, -0.25) is 14.8 Å². The second-order valence-corrected chi connectivity index (χ2v) is 11.5. The van der Waals surface area contributed by atoms with Crippen molar-refractivity contribution in [2.24, 2.45) is 0 Å². The van der Waals surface area contributed by atoms with Crippen molar-refractivity contribution in [2.75, 3.05) is 22.9 Å². The number of anilines is 2. The zero-order valence-corrected chi connectivity index (χ0v) is 27.5. The van der Waals surface area contributed by atoms with Gasteiger partial charge in [0.25, 0.3) is 6.47 Å². The molecule has 6 heterocycles. The van der Waals surface area contributed by atoms with Gasteiger partial charge in [0.05, 0.1) is 34.6 Å². The lowest BCUT2D eigenvalue weighted by atomic mass is 10.1. The van der Waals surface area contributed by atoms with Crippen LogP contribution in [0.1, 0.15) is 71.4 Å². The molecule has 0 saturated carbocycles. The molecule has 2 saturated heterocycles. The SMILES string of the molecule is Cc1c(C(F)(F)F)cc(N2CCCC2c2ccccn2)nc1Cl.Cc1cnc(N2CCCC2c2ccccn2)cc1C(F)(F)F.N.O=CO. The van der Waals surface area contributed by atoms with Crippen molar-refractivity contribution < 1.29 is 36.2 Å². The Kier molecular flexibility index (Phi) is 13.3. The lowest BCUT2D eigenvalue weighted by molar-refractivity contribution is -0.138. The Bertz CT molecular complexity index is 1660. The maximum atomic E-state index is 13.2. The lowest BCUT2D eigenvalue weighted by Gasteiger charge is -2.26. The van der Waals surface area contributed by atoms with Crippen molar-refractivity contribution in [3.05, 3.63) is 106 Å². The molecule has 49 heavy (non-hydrogen) atoms. The number of aromatic nitrogens is 4. The van der Waals surface area contributed by atoms with Gasteiger partial charge in [-0.1, -0.05) is 23.7 Å². The first-order chi connectivity index (χ1) is 22.8. The predicted molar refractivity (Wildman–Crippen MR) is 174 cm³/mol. The molecule has 0 aromatic carbocycles. The molecule has 0 bridgehead atoms. The molecule has 2 aliphatic heterocycles. The first-order valence-electron chi connectivity index (χ1n) is 15.0. The molecule has 4 aromatic heterocycles. The zero-order chi connectivity index (χ0) is 35.1. The molecular weight excluding hydrogens is 676 g/mol. The molecule has 0 amide bonds. The van der Waals surface area contributed by atoms with E-state index in [0.717, 1.165) is 49.2 Å². The number of nitrogens with zero attached hydrogens (tertiary/aromatic N) is 6. The summed E-state index contributed by atoms with van der Waals surface area (Å²) in [5, 5.41) is 6.78. The van der Waals surface area contributed by atoms with Crippen LogP contribution in [0.4, 0.5) is 38.0 Å². The maximum Gasteiger partial charge on any atom is 0.416 e. The highest BCUT2D eigenvalue weighted by molar-refractivity contribution is 6.30. The number of alkyl halides is 6. The van der Waals surface area contributed by atoms with Gasteiger partial charge < -0.3 is 21.1 Å². The number of hydrogen-bond donors (Lipinski definition) is 2. The maximum absolute atomic E-state index is 13.2. The Morgan fingerprint density at radius 2 is 1.27 bits per heavy atom. The van der Waals surface area contributed by atoms with Crippen molar-refractivity contribution in [1.29, 1.82) is 0 Å². The van der Waals surface area contributed by atoms with Gasteiger partial charge in [-0.25, -0.2) is 9.97 Å². The minimum atomic E-state index is -4.45. The topological polar surface area (TPSA) is 130 Å². The van der Waals surface area contributed by atoms with E-state index in [-0.39, 0.29) is 46.8 Å². The monoisotopic (exact) mass is 711 g/mol. The van der Waals surface area contributed by atoms with Crippen LogP contribution in [-0.2, 0) is 17.1 Å². The van der Waals surface area contributed by atoms with E-state index in [1.165, 1.54) is 20.0 Å². The quantitative estimate of drug-likeness (QED) is 0.121. The van der Waals surface area contributed by atoms with Crippen LogP contribution in [0.2, 0.25) is 5.15 Å². The molecule has 6 rings (SSSR count). The molecular formula is C33H36ClF6N7O2. The molecule has 2 fully saturated rings. The van der Waals surface area contributed by atoms with Crippen molar-refractivity contribution >= 4 is 29.7 Å². The van der Waals surface area contributed by atoms with Crippen LogP contribution < -0.4 is 16.0 Å². The van der Waals surface area contributed by atoms with Gasteiger partial charge in [0.15, 0.2) is 0 Å². The largest absolute Gasteiger partial charge is 0.483 e. The van der Waals surface area contributed by atoms with Gasteiger partial charge in [-0.2, -0.15) is 26.3 Å². The predicted octanol–water partition coefficient (Wildman–Crippen LogP) is 8.81. The fourth-order valence-corrected chi connectivity index (χ4v) is 6.01. The molecule has 264 valence electrons. The van der Waals surface area contributed by atoms with E-state index >= 15 is 0 Å². The summed E-state index contributed by atoms with van der Waals surface area (Å²) in [6.07, 6.45) is -0.648. The molecule has 4 aromatic rings. The standard InChI is InChI=1S/C16H15ClF3N3.C16H16F3N3.CH2O2.H3N/c1-10-11(16(18,19)20)9-14(22-15(10)17)23-8-4-6-13(23)12-5-2-3-7-21-12;1-11-10-21-15(9-12(11)16(17,18)19)22-8-4-6-14(22)13-5-2-3-7-20-13;2-1-3;/h2-3,5,7,9,13H,4,6,8H2,1H3;2-3,5,7,9-10,14H,4,6,8H2,1H3;1H,(H,2,3);1H3. The summed E-state index contributed by atoms with van der Waals surface area (Å²) >= 11 is 5.94. The van der Waals surface area contributed by atoms with E-state index < -0.39 is 23.5 Å². The molecule has 2 unspecified atom stereocenters. The van der Waals surface area contributed by atoms with Gasteiger partial charge in [0.2, 0.25) is 0 Å². The van der Waals surface area contributed by atoms with Crippen molar-refractivity contribution in [3.8, 4) is 0 Å². The highest BCUT2D eigenvalue weighted by Gasteiger charge is 2.37. The van der Waals surface area contributed by atoms with Crippen LogP contribution in [0.5, 0.6) is 0 Å². The number of halogens is 7. The van der Waals surface area contributed by atoms with E-state index in [1.54, 1.807) is 12.4 Å². The van der Waals surface area contributed by atoms with E-state index in [0.29, 0.717) is 18.9 Å². The number of aryl methyl sites for hydroxylation is 1. The summed E-state index contributed by atoms with van der Waals surface area (Å²) in [6, 6.07) is 13.3. The molecule has 4 N–H and O–H groups in total. The Hall–Kier alpha value is -4.50. The number of carboxylic acid groups (broad SMARTS) is 1. The molecule has 2 aliphatic rings. The summed E-state index contributed by atoms with van der Waals surface area (Å²) in [5.41, 5.74) is 0.442. The molecule has 0 radical (unpaired) electrons. The normalized spacial score (nSPS) is 17.3. The fourth-order valence-electron chi connectivity index (χ4n) is 5.82. The van der Waals surface area contributed by atoms with Gasteiger partial charge in [0, 0.05) is 31.7 Å². The van der Waals surface area contributed by atoms with Gasteiger partial charge >= 0.3 is 12.4 Å². The Morgan fingerprint density at radius 3 is 1.71 bits per heavy atom. The van der Waals surface area contributed by atoms with Crippen molar-refractivity contribution in [1.82, 2.24) is 26.1 Å². The van der Waals surface area contributed by atoms with Crippen LogP contribution in [0.3, 0.4) is 0 Å². The zero-order valence-electron chi connectivity index (χ0n) is 26.7. The first kappa shape index (κ1) is 38.9. The summed E-state index contributed by atoms with van der Waals surface area (Å²) in [4.78, 5) is 29.2. The van der Waals surface area contributed by atoms with Gasteiger partial charge in [-0.05, 0) is 87.1 Å². The van der Waals surface area contributed by atoms with Crippen molar-refractivity contribution in [3.63, 3.8) is 0 Å².